The summed E-state index contributed by atoms with van der Waals surface area (Å²) in [5.41, 5.74) is 3.16. The Balaban J connectivity index is 1.95. The van der Waals surface area contributed by atoms with Crippen LogP contribution in [0.15, 0.2) is 35.9 Å². The van der Waals surface area contributed by atoms with Gasteiger partial charge in [-0.05, 0) is 33.3 Å². The molecule has 4 nitrogen and oxygen atoms in total. The molecule has 0 bridgehead atoms. The van der Waals surface area contributed by atoms with Crippen LogP contribution in [0, 0.1) is 0 Å². The second kappa shape index (κ2) is 8.56. The van der Waals surface area contributed by atoms with Gasteiger partial charge in [-0.2, -0.15) is 0 Å². The smallest absolute Gasteiger partial charge is 0.188 e. The van der Waals surface area contributed by atoms with E-state index in [4.69, 9.17) is 5.11 Å². The highest BCUT2D eigenvalue weighted by Crippen LogP contribution is 2.18. The number of allylic oxidation sites excluding steroid dienone is 1. The lowest BCUT2D eigenvalue weighted by atomic mass is 10.0. The minimum absolute atomic E-state index is 0.225. The van der Waals surface area contributed by atoms with Crippen LogP contribution >= 0.6 is 0 Å². The number of benzene rings is 1. The van der Waals surface area contributed by atoms with E-state index in [9.17, 15) is 4.79 Å². The van der Waals surface area contributed by atoms with Crippen molar-refractivity contribution in [1.29, 1.82) is 0 Å². The molecule has 0 amide bonds. The van der Waals surface area contributed by atoms with Gasteiger partial charge < -0.3 is 5.11 Å². The Labute approximate surface area is 145 Å². The zero-order chi connectivity index (χ0) is 17.7. The summed E-state index contributed by atoms with van der Waals surface area (Å²) in [6.07, 6.45) is 2.31. The van der Waals surface area contributed by atoms with Crippen molar-refractivity contribution in [3.05, 3.63) is 47.0 Å². The molecule has 1 fully saturated rings. The van der Waals surface area contributed by atoms with Gasteiger partial charge in [0.05, 0.1) is 0 Å². The zero-order valence-corrected chi connectivity index (χ0v) is 15.3. The van der Waals surface area contributed by atoms with Crippen molar-refractivity contribution < 1.29 is 9.90 Å². The van der Waals surface area contributed by atoms with Crippen LogP contribution in [0.25, 0.3) is 0 Å². The highest BCUT2D eigenvalue weighted by atomic mass is 16.3. The van der Waals surface area contributed by atoms with E-state index < -0.39 is 6.61 Å². The van der Waals surface area contributed by atoms with Gasteiger partial charge in [0, 0.05) is 43.8 Å². The van der Waals surface area contributed by atoms with Crippen LogP contribution in [0.1, 0.15) is 43.6 Å². The lowest BCUT2D eigenvalue weighted by Crippen LogP contribution is -2.56. The van der Waals surface area contributed by atoms with Gasteiger partial charge in [-0.1, -0.05) is 35.9 Å². The molecule has 0 saturated carbocycles. The quantitative estimate of drug-likeness (QED) is 0.643. The highest BCUT2D eigenvalue weighted by Gasteiger charge is 2.28. The van der Waals surface area contributed by atoms with E-state index in [1.807, 2.05) is 24.3 Å². The molecule has 1 aromatic carbocycles. The molecule has 0 unspecified atom stereocenters. The molecule has 24 heavy (non-hydrogen) atoms. The first-order valence-electron chi connectivity index (χ1n) is 8.75. The molecular weight excluding hydrogens is 300 g/mol. The molecule has 1 heterocycles. The van der Waals surface area contributed by atoms with Gasteiger partial charge in [0.15, 0.2) is 5.78 Å². The van der Waals surface area contributed by atoms with Crippen molar-refractivity contribution in [2.24, 2.45) is 0 Å². The molecule has 1 aliphatic heterocycles. The van der Waals surface area contributed by atoms with Crippen molar-refractivity contribution in [2.45, 2.75) is 46.3 Å². The number of carbonyl (C=O) groups excluding carboxylic acids is 1. The summed E-state index contributed by atoms with van der Waals surface area (Å²) in [6, 6.07) is 8.67. The maximum absolute atomic E-state index is 11.5. The Hall–Kier alpha value is -1.49. The fraction of sp³-hybridized carbons (Fsp3) is 0.550. The number of nitrogens with zero attached hydrogens (tertiary/aromatic N) is 2. The Morgan fingerprint density at radius 2 is 1.75 bits per heavy atom. The Morgan fingerprint density at radius 1 is 1.17 bits per heavy atom. The van der Waals surface area contributed by atoms with E-state index in [-0.39, 0.29) is 5.78 Å². The SMILES string of the molecule is CC(C)=CCN1[C@H](C)CN(Cc2ccc(C(=O)CO)cc2)C[C@@H]1C. The van der Waals surface area contributed by atoms with E-state index in [0.29, 0.717) is 17.6 Å². The second-order valence-corrected chi connectivity index (χ2v) is 7.15. The third kappa shape index (κ3) is 5.00. The van der Waals surface area contributed by atoms with Crippen LogP contribution in [0.5, 0.6) is 0 Å². The molecule has 0 radical (unpaired) electrons. The summed E-state index contributed by atoms with van der Waals surface area (Å²) in [4.78, 5) is 16.5. The third-order valence-electron chi connectivity index (χ3n) is 4.71. The van der Waals surface area contributed by atoms with Crippen LogP contribution in [-0.4, -0.2) is 59.0 Å². The number of aliphatic hydroxyl groups excluding tert-OH is 1. The van der Waals surface area contributed by atoms with E-state index >= 15 is 0 Å². The number of ketones is 1. The minimum atomic E-state index is -0.429. The number of carbonyl (C=O) groups is 1. The van der Waals surface area contributed by atoms with Crippen LogP contribution < -0.4 is 0 Å². The maximum Gasteiger partial charge on any atom is 0.188 e. The summed E-state index contributed by atoms with van der Waals surface area (Å²) in [5, 5.41) is 8.91. The number of hydrogen-bond donors (Lipinski definition) is 1. The fourth-order valence-electron chi connectivity index (χ4n) is 3.39. The first-order valence-corrected chi connectivity index (χ1v) is 8.75. The Bertz CT molecular complexity index is 564. The Kier molecular flexibility index (Phi) is 6.72. The molecular formula is C20H30N2O2. The van der Waals surface area contributed by atoms with Gasteiger partial charge in [-0.25, -0.2) is 0 Å². The van der Waals surface area contributed by atoms with Crippen molar-refractivity contribution in [3.8, 4) is 0 Å². The molecule has 1 aromatic rings. The van der Waals surface area contributed by atoms with Crippen molar-refractivity contribution >= 4 is 5.78 Å². The van der Waals surface area contributed by atoms with Gasteiger partial charge in [-0.3, -0.25) is 14.6 Å². The number of aliphatic hydroxyl groups is 1. The fourth-order valence-corrected chi connectivity index (χ4v) is 3.39. The van der Waals surface area contributed by atoms with Crippen molar-refractivity contribution in [1.82, 2.24) is 9.80 Å². The number of rotatable bonds is 6. The summed E-state index contributed by atoms with van der Waals surface area (Å²) in [7, 11) is 0. The van der Waals surface area contributed by atoms with Crippen LogP contribution in [0.4, 0.5) is 0 Å². The molecule has 132 valence electrons. The summed E-state index contributed by atoms with van der Waals surface area (Å²) >= 11 is 0. The first kappa shape index (κ1) is 18.8. The molecule has 2 rings (SSSR count). The maximum atomic E-state index is 11.5. The molecule has 0 spiro atoms. The molecule has 1 saturated heterocycles. The van der Waals surface area contributed by atoms with E-state index in [2.05, 4.69) is 43.6 Å². The van der Waals surface area contributed by atoms with Crippen LogP contribution in [0.2, 0.25) is 0 Å². The van der Waals surface area contributed by atoms with E-state index in [1.54, 1.807) is 0 Å². The van der Waals surface area contributed by atoms with Gasteiger partial charge in [0.25, 0.3) is 0 Å². The average molecular weight is 330 g/mol. The summed E-state index contributed by atoms with van der Waals surface area (Å²) in [5.74, 6) is -0.225. The van der Waals surface area contributed by atoms with Gasteiger partial charge in [0.2, 0.25) is 0 Å². The number of hydrogen-bond acceptors (Lipinski definition) is 4. The Morgan fingerprint density at radius 3 is 2.25 bits per heavy atom. The molecule has 0 aromatic heterocycles. The van der Waals surface area contributed by atoms with Crippen LogP contribution in [-0.2, 0) is 6.54 Å². The highest BCUT2D eigenvalue weighted by molar-refractivity contribution is 5.96. The van der Waals surface area contributed by atoms with Gasteiger partial charge >= 0.3 is 0 Å². The monoisotopic (exact) mass is 330 g/mol. The summed E-state index contributed by atoms with van der Waals surface area (Å²) < 4.78 is 0. The zero-order valence-electron chi connectivity index (χ0n) is 15.3. The third-order valence-corrected chi connectivity index (χ3v) is 4.71. The number of Topliss-reactive ketones (excluding diaryl/α,β-unsaturated/α-hetero) is 1. The molecule has 2 atom stereocenters. The predicted molar refractivity (Wildman–Crippen MR) is 98.2 cm³/mol. The topological polar surface area (TPSA) is 43.8 Å². The lowest BCUT2D eigenvalue weighted by Gasteiger charge is -2.44. The number of piperazine rings is 1. The van der Waals surface area contributed by atoms with Gasteiger partial charge in [-0.15, -0.1) is 0 Å². The standard InChI is InChI=1S/C20H30N2O2/c1-15(2)9-10-22-16(3)11-21(12-17(22)4)13-18-5-7-19(8-6-18)20(24)14-23/h5-9,16-17,23H,10-14H2,1-4H3/t16-,17+. The average Bonchev–Trinajstić information content (AvgIpc) is 2.53. The van der Waals surface area contributed by atoms with Gasteiger partial charge in [0.1, 0.15) is 6.61 Å². The first-order chi connectivity index (χ1) is 11.4. The molecule has 1 aliphatic rings. The minimum Gasteiger partial charge on any atom is -0.388 e. The summed E-state index contributed by atoms with van der Waals surface area (Å²) in [6.45, 7) is 12.5. The van der Waals surface area contributed by atoms with Crippen molar-refractivity contribution in [2.75, 3.05) is 26.2 Å². The van der Waals surface area contributed by atoms with Crippen LogP contribution in [0.3, 0.4) is 0 Å². The van der Waals surface area contributed by atoms with Crippen molar-refractivity contribution in [3.63, 3.8) is 0 Å². The lowest BCUT2D eigenvalue weighted by molar-refractivity contribution is 0.0439. The molecule has 4 heteroatoms. The largest absolute Gasteiger partial charge is 0.388 e. The second-order valence-electron chi connectivity index (χ2n) is 7.15. The predicted octanol–water partition coefficient (Wildman–Crippen LogP) is 2.72. The van der Waals surface area contributed by atoms with E-state index in [0.717, 1.165) is 26.2 Å². The van der Waals surface area contributed by atoms with E-state index in [1.165, 1.54) is 11.1 Å². The normalized spacial score (nSPS) is 22.4. The molecule has 1 N–H and O–H groups in total. The molecule has 0 aliphatic carbocycles.